The van der Waals surface area contributed by atoms with Crippen molar-refractivity contribution in [3.63, 3.8) is 0 Å². The Bertz CT molecular complexity index is 1840. The smallest absolute Gasteiger partial charge is 0.141 e. The van der Waals surface area contributed by atoms with Gasteiger partial charge < -0.3 is 9.80 Å². The first-order valence-electron chi connectivity index (χ1n) is 13.2. The van der Waals surface area contributed by atoms with E-state index in [1.54, 1.807) is 6.20 Å². The lowest BCUT2D eigenvalue weighted by Gasteiger charge is -2.41. The normalized spacial score (nSPS) is 11.9. The number of anilines is 6. The highest BCUT2D eigenvalue weighted by Crippen LogP contribution is 2.55. The highest BCUT2D eigenvalue weighted by atomic mass is 15.3. The van der Waals surface area contributed by atoms with Crippen molar-refractivity contribution in [2.24, 2.45) is 0 Å². The SMILES string of the molecule is N#Cc1cc(-c2cccc(-c3ccccc3N3c4ccccc4N(c4ccccc4)c4ccccc43)c2)ccn1. The largest absolute Gasteiger partial charge is 0.306 e. The van der Waals surface area contributed by atoms with Gasteiger partial charge in [-0.2, -0.15) is 5.26 Å². The van der Waals surface area contributed by atoms with Crippen molar-refractivity contribution in [2.75, 3.05) is 9.80 Å². The molecule has 0 unspecified atom stereocenters. The summed E-state index contributed by atoms with van der Waals surface area (Å²) in [7, 11) is 0. The summed E-state index contributed by atoms with van der Waals surface area (Å²) < 4.78 is 0. The summed E-state index contributed by atoms with van der Waals surface area (Å²) in [6.07, 6.45) is 1.69. The molecule has 188 valence electrons. The predicted octanol–water partition coefficient (Wildman–Crippen LogP) is 9.54. The van der Waals surface area contributed by atoms with E-state index in [2.05, 4.69) is 148 Å². The van der Waals surface area contributed by atoms with Crippen LogP contribution in [0.2, 0.25) is 0 Å². The number of benzene rings is 5. The van der Waals surface area contributed by atoms with E-state index in [4.69, 9.17) is 0 Å². The molecule has 0 saturated heterocycles. The molecular weight excluding hydrogens is 488 g/mol. The van der Waals surface area contributed by atoms with Crippen molar-refractivity contribution in [2.45, 2.75) is 0 Å². The third kappa shape index (κ3) is 3.98. The molecule has 0 spiro atoms. The highest BCUT2D eigenvalue weighted by molar-refractivity contribution is 6.03. The van der Waals surface area contributed by atoms with Gasteiger partial charge >= 0.3 is 0 Å². The maximum absolute atomic E-state index is 9.35. The average Bonchev–Trinajstić information content (AvgIpc) is 3.04. The summed E-state index contributed by atoms with van der Waals surface area (Å²) in [5.41, 5.74) is 11.3. The average molecular weight is 513 g/mol. The number of nitrogens with zero attached hydrogens (tertiary/aromatic N) is 4. The minimum absolute atomic E-state index is 0.410. The molecule has 0 fully saturated rings. The van der Waals surface area contributed by atoms with Crippen LogP contribution >= 0.6 is 0 Å². The first kappa shape index (κ1) is 23.5. The molecule has 0 radical (unpaired) electrons. The molecule has 1 aliphatic rings. The number of hydrogen-bond donors (Lipinski definition) is 0. The Hall–Kier alpha value is -5.66. The van der Waals surface area contributed by atoms with Crippen LogP contribution in [0.5, 0.6) is 0 Å². The van der Waals surface area contributed by atoms with Crippen LogP contribution in [-0.4, -0.2) is 4.98 Å². The molecule has 4 heteroatoms. The monoisotopic (exact) mass is 512 g/mol. The van der Waals surface area contributed by atoms with Gasteiger partial charge in [0.2, 0.25) is 0 Å². The van der Waals surface area contributed by atoms with E-state index in [9.17, 15) is 5.26 Å². The molecule has 4 nitrogen and oxygen atoms in total. The summed E-state index contributed by atoms with van der Waals surface area (Å²) in [6.45, 7) is 0. The van der Waals surface area contributed by atoms with Crippen LogP contribution in [0.1, 0.15) is 5.69 Å². The van der Waals surface area contributed by atoms with Crippen LogP contribution in [0.3, 0.4) is 0 Å². The Morgan fingerprint density at radius 3 is 1.70 bits per heavy atom. The van der Waals surface area contributed by atoms with Gasteiger partial charge in [0.05, 0.1) is 28.4 Å². The molecule has 7 rings (SSSR count). The summed E-state index contributed by atoms with van der Waals surface area (Å²) in [6, 6.07) is 50.6. The first-order valence-corrected chi connectivity index (χ1v) is 13.2. The van der Waals surface area contributed by atoms with Crippen molar-refractivity contribution in [1.29, 1.82) is 5.26 Å². The van der Waals surface area contributed by atoms with Gasteiger partial charge in [-0.1, -0.05) is 78.9 Å². The summed E-state index contributed by atoms with van der Waals surface area (Å²) in [5, 5.41) is 9.35. The van der Waals surface area contributed by atoms with Crippen LogP contribution in [0.15, 0.2) is 146 Å². The fraction of sp³-hybridized carbons (Fsp3) is 0. The molecular formula is C36H24N4. The Morgan fingerprint density at radius 1 is 0.475 bits per heavy atom. The lowest BCUT2D eigenvalue weighted by atomic mass is 9.96. The van der Waals surface area contributed by atoms with Gasteiger partial charge in [-0.15, -0.1) is 0 Å². The highest BCUT2D eigenvalue weighted by Gasteiger charge is 2.31. The second-order valence-electron chi connectivity index (χ2n) is 9.62. The van der Waals surface area contributed by atoms with Gasteiger partial charge in [-0.05, 0) is 77.4 Å². The van der Waals surface area contributed by atoms with Crippen LogP contribution < -0.4 is 9.80 Å². The van der Waals surface area contributed by atoms with E-state index < -0.39 is 0 Å². The summed E-state index contributed by atoms with van der Waals surface area (Å²) in [4.78, 5) is 8.84. The number of fused-ring (bicyclic) bond motifs is 2. The van der Waals surface area contributed by atoms with Crippen molar-refractivity contribution < 1.29 is 0 Å². The van der Waals surface area contributed by atoms with Crippen LogP contribution in [0, 0.1) is 11.3 Å². The molecule has 0 amide bonds. The third-order valence-corrected chi connectivity index (χ3v) is 7.27. The fourth-order valence-corrected chi connectivity index (χ4v) is 5.51. The molecule has 6 aromatic rings. The number of nitriles is 1. The van der Waals surface area contributed by atoms with E-state index >= 15 is 0 Å². The molecule has 2 heterocycles. The molecule has 40 heavy (non-hydrogen) atoms. The van der Waals surface area contributed by atoms with Gasteiger partial charge in [-0.3, -0.25) is 0 Å². The van der Waals surface area contributed by atoms with E-state index in [-0.39, 0.29) is 0 Å². The van der Waals surface area contributed by atoms with Gasteiger partial charge in [0.15, 0.2) is 0 Å². The van der Waals surface area contributed by atoms with E-state index in [0.29, 0.717) is 5.69 Å². The second kappa shape index (κ2) is 9.90. The maximum atomic E-state index is 9.35. The number of rotatable bonds is 4. The number of para-hydroxylation sites is 6. The number of aromatic nitrogens is 1. The minimum Gasteiger partial charge on any atom is -0.306 e. The molecule has 1 aliphatic heterocycles. The Labute approximate surface area is 233 Å². The first-order chi connectivity index (χ1) is 19.8. The molecule has 0 saturated carbocycles. The molecule has 1 aromatic heterocycles. The zero-order valence-corrected chi connectivity index (χ0v) is 21.6. The third-order valence-electron chi connectivity index (χ3n) is 7.27. The molecule has 0 aliphatic carbocycles. The van der Waals surface area contributed by atoms with Crippen molar-refractivity contribution in [3.8, 4) is 28.3 Å². The summed E-state index contributed by atoms with van der Waals surface area (Å²) >= 11 is 0. The van der Waals surface area contributed by atoms with Crippen molar-refractivity contribution >= 4 is 34.1 Å². The van der Waals surface area contributed by atoms with Gasteiger partial charge in [0.1, 0.15) is 11.8 Å². The van der Waals surface area contributed by atoms with Crippen molar-refractivity contribution in [3.05, 3.63) is 151 Å². The zero-order chi connectivity index (χ0) is 26.9. The fourth-order valence-electron chi connectivity index (χ4n) is 5.51. The minimum atomic E-state index is 0.410. The molecule has 0 N–H and O–H groups in total. The van der Waals surface area contributed by atoms with Crippen LogP contribution in [0.4, 0.5) is 34.1 Å². The van der Waals surface area contributed by atoms with Crippen LogP contribution in [0.25, 0.3) is 22.3 Å². The quantitative estimate of drug-likeness (QED) is 0.235. The topological polar surface area (TPSA) is 43.2 Å². The van der Waals surface area contributed by atoms with E-state index in [0.717, 1.165) is 56.4 Å². The van der Waals surface area contributed by atoms with Gasteiger partial charge in [0.25, 0.3) is 0 Å². The van der Waals surface area contributed by atoms with Gasteiger partial charge in [-0.25, -0.2) is 4.98 Å². The molecule has 0 bridgehead atoms. The van der Waals surface area contributed by atoms with E-state index in [1.165, 1.54) is 0 Å². The second-order valence-corrected chi connectivity index (χ2v) is 9.62. The summed E-state index contributed by atoms with van der Waals surface area (Å²) in [5.74, 6) is 0. The number of hydrogen-bond acceptors (Lipinski definition) is 4. The van der Waals surface area contributed by atoms with Gasteiger partial charge in [0, 0.05) is 17.4 Å². The maximum Gasteiger partial charge on any atom is 0.141 e. The van der Waals surface area contributed by atoms with Crippen molar-refractivity contribution in [1.82, 2.24) is 4.98 Å². The Balaban J connectivity index is 1.41. The van der Waals surface area contributed by atoms with E-state index in [1.807, 2.05) is 12.1 Å². The predicted molar refractivity (Wildman–Crippen MR) is 163 cm³/mol. The lowest BCUT2D eigenvalue weighted by Crippen LogP contribution is -2.24. The zero-order valence-electron chi connectivity index (χ0n) is 21.6. The Morgan fingerprint density at radius 2 is 1.02 bits per heavy atom. The Kier molecular flexibility index (Phi) is 5.81. The van der Waals surface area contributed by atoms with Crippen LogP contribution in [-0.2, 0) is 0 Å². The molecule has 0 atom stereocenters. The lowest BCUT2D eigenvalue weighted by molar-refractivity contribution is 1.17. The molecule has 5 aromatic carbocycles. The standard InChI is InChI=1S/C36H24N4/c37-25-29-24-27(21-22-38-29)26-11-10-12-28(23-26)31-15-4-5-16-32(31)40-35-19-8-6-17-33(35)39(30-13-2-1-3-14-30)34-18-7-9-20-36(34)40/h1-24H. The number of pyridine rings is 1.